The summed E-state index contributed by atoms with van der Waals surface area (Å²) in [7, 11) is 0. The number of hydrogen-bond donors (Lipinski definition) is 2. The highest BCUT2D eigenvalue weighted by Crippen LogP contribution is 2.24. The average Bonchev–Trinajstić information content (AvgIpc) is 3.03. The molecule has 2 heterocycles. The summed E-state index contributed by atoms with van der Waals surface area (Å²) in [6.07, 6.45) is 4.57. The summed E-state index contributed by atoms with van der Waals surface area (Å²) in [5, 5.41) is 6.22. The SMILES string of the molecule is CC1CCN(c2ccc(NC(=O)[C@@H]3CCCN3)cc2)CC1. The first-order valence-electron chi connectivity index (χ1n) is 8.11. The molecule has 3 rings (SSSR count). The van der Waals surface area contributed by atoms with E-state index in [9.17, 15) is 4.79 Å². The Morgan fingerprint density at radius 1 is 1.19 bits per heavy atom. The lowest BCUT2D eigenvalue weighted by Crippen LogP contribution is -2.35. The monoisotopic (exact) mass is 287 g/mol. The van der Waals surface area contributed by atoms with Crippen LogP contribution >= 0.6 is 0 Å². The first-order chi connectivity index (χ1) is 10.2. The van der Waals surface area contributed by atoms with Crippen LogP contribution in [0.4, 0.5) is 11.4 Å². The molecule has 2 fully saturated rings. The number of nitrogens with one attached hydrogen (secondary N) is 2. The van der Waals surface area contributed by atoms with Crippen LogP contribution in [0.15, 0.2) is 24.3 Å². The maximum atomic E-state index is 12.1. The van der Waals surface area contributed by atoms with E-state index in [2.05, 4.69) is 34.6 Å². The molecule has 1 aromatic carbocycles. The van der Waals surface area contributed by atoms with Gasteiger partial charge in [0.2, 0.25) is 5.91 Å². The van der Waals surface area contributed by atoms with Crippen molar-refractivity contribution < 1.29 is 4.79 Å². The quantitative estimate of drug-likeness (QED) is 0.898. The van der Waals surface area contributed by atoms with E-state index >= 15 is 0 Å². The molecule has 4 nitrogen and oxygen atoms in total. The minimum absolute atomic E-state index is 0.0201. The number of nitrogens with zero attached hydrogens (tertiary/aromatic N) is 1. The van der Waals surface area contributed by atoms with Gasteiger partial charge in [-0.05, 0) is 62.4 Å². The smallest absolute Gasteiger partial charge is 0.241 e. The lowest BCUT2D eigenvalue weighted by molar-refractivity contribution is -0.117. The molecule has 2 aliphatic rings. The van der Waals surface area contributed by atoms with Crippen LogP contribution in [0.1, 0.15) is 32.6 Å². The third-order valence-electron chi connectivity index (χ3n) is 4.66. The van der Waals surface area contributed by atoms with E-state index in [1.807, 2.05) is 12.1 Å². The third-order valence-corrected chi connectivity index (χ3v) is 4.66. The number of benzene rings is 1. The number of carbonyl (C=O) groups is 1. The van der Waals surface area contributed by atoms with Gasteiger partial charge in [-0.3, -0.25) is 4.79 Å². The second-order valence-electron chi connectivity index (χ2n) is 6.35. The number of hydrogen-bond acceptors (Lipinski definition) is 3. The summed E-state index contributed by atoms with van der Waals surface area (Å²) in [5.41, 5.74) is 2.15. The Morgan fingerprint density at radius 2 is 1.90 bits per heavy atom. The minimum atomic E-state index is -0.0201. The number of piperidine rings is 1. The highest BCUT2D eigenvalue weighted by Gasteiger charge is 2.22. The predicted octanol–water partition coefficient (Wildman–Crippen LogP) is 2.61. The van der Waals surface area contributed by atoms with Crippen LogP contribution in [-0.2, 0) is 4.79 Å². The Morgan fingerprint density at radius 3 is 2.52 bits per heavy atom. The molecule has 2 N–H and O–H groups in total. The van der Waals surface area contributed by atoms with Crippen molar-refractivity contribution in [1.29, 1.82) is 0 Å². The maximum Gasteiger partial charge on any atom is 0.241 e. The Hall–Kier alpha value is -1.55. The lowest BCUT2D eigenvalue weighted by atomic mass is 9.99. The van der Waals surface area contributed by atoms with Crippen molar-refractivity contribution in [2.24, 2.45) is 5.92 Å². The minimum Gasteiger partial charge on any atom is -0.372 e. The van der Waals surface area contributed by atoms with E-state index in [0.29, 0.717) is 0 Å². The summed E-state index contributed by atoms with van der Waals surface area (Å²) in [6.45, 7) is 5.55. The van der Waals surface area contributed by atoms with Crippen molar-refractivity contribution in [3.05, 3.63) is 24.3 Å². The molecule has 2 saturated heterocycles. The second-order valence-corrected chi connectivity index (χ2v) is 6.35. The van der Waals surface area contributed by atoms with Crippen molar-refractivity contribution in [3.63, 3.8) is 0 Å². The molecule has 0 spiro atoms. The van der Waals surface area contributed by atoms with Crippen LogP contribution in [0.25, 0.3) is 0 Å². The number of anilines is 2. The lowest BCUT2D eigenvalue weighted by Gasteiger charge is -2.32. The van der Waals surface area contributed by atoms with Gasteiger partial charge in [-0.1, -0.05) is 6.92 Å². The summed E-state index contributed by atoms with van der Waals surface area (Å²) < 4.78 is 0. The molecule has 21 heavy (non-hydrogen) atoms. The largest absolute Gasteiger partial charge is 0.372 e. The van der Waals surface area contributed by atoms with Crippen molar-refractivity contribution in [2.45, 2.75) is 38.6 Å². The number of carbonyl (C=O) groups excluding carboxylic acids is 1. The van der Waals surface area contributed by atoms with Crippen molar-refractivity contribution in [3.8, 4) is 0 Å². The van der Waals surface area contributed by atoms with Gasteiger partial charge in [0.05, 0.1) is 6.04 Å². The van der Waals surface area contributed by atoms with Gasteiger partial charge in [-0.2, -0.15) is 0 Å². The summed E-state index contributed by atoms with van der Waals surface area (Å²) in [5.74, 6) is 0.936. The zero-order chi connectivity index (χ0) is 14.7. The Bertz CT molecular complexity index is 471. The van der Waals surface area contributed by atoms with E-state index < -0.39 is 0 Å². The van der Waals surface area contributed by atoms with Crippen molar-refractivity contribution in [2.75, 3.05) is 29.9 Å². The molecule has 0 aromatic heterocycles. The topological polar surface area (TPSA) is 44.4 Å². The molecular formula is C17H25N3O. The first kappa shape index (κ1) is 14.4. The highest BCUT2D eigenvalue weighted by molar-refractivity contribution is 5.95. The number of amides is 1. The third kappa shape index (κ3) is 3.56. The van der Waals surface area contributed by atoms with Gasteiger partial charge in [-0.25, -0.2) is 0 Å². The molecule has 1 atom stereocenters. The fourth-order valence-corrected chi connectivity index (χ4v) is 3.16. The Labute approximate surface area is 126 Å². The zero-order valence-corrected chi connectivity index (χ0v) is 12.8. The molecule has 0 saturated carbocycles. The van der Waals surface area contributed by atoms with Gasteiger partial charge < -0.3 is 15.5 Å². The van der Waals surface area contributed by atoms with Crippen LogP contribution in [0, 0.1) is 5.92 Å². The van der Waals surface area contributed by atoms with Gasteiger partial charge in [0.15, 0.2) is 0 Å². The van der Waals surface area contributed by atoms with Crippen molar-refractivity contribution >= 4 is 17.3 Å². The van der Waals surface area contributed by atoms with Gasteiger partial charge in [0, 0.05) is 24.5 Å². The maximum absolute atomic E-state index is 12.1. The van der Waals surface area contributed by atoms with Gasteiger partial charge in [0.25, 0.3) is 0 Å². The van der Waals surface area contributed by atoms with Crippen LogP contribution in [0.5, 0.6) is 0 Å². The standard InChI is InChI=1S/C17H25N3O/c1-13-8-11-20(12-9-13)15-6-4-14(5-7-15)19-17(21)16-3-2-10-18-16/h4-7,13,16,18H,2-3,8-12H2,1H3,(H,19,21)/t16-/m0/s1. The van der Waals surface area contributed by atoms with E-state index in [0.717, 1.165) is 44.1 Å². The van der Waals surface area contributed by atoms with Crippen LogP contribution in [0.2, 0.25) is 0 Å². The van der Waals surface area contributed by atoms with E-state index in [4.69, 9.17) is 0 Å². The van der Waals surface area contributed by atoms with E-state index in [1.54, 1.807) is 0 Å². The molecule has 0 unspecified atom stereocenters. The summed E-state index contributed by atoms with van der Waals surface area (Å²) in [4.78, 5) is 14.5. The zero-order valence-electron chi connectivity index (χ0n) is 12.8. The number of rotatable bonds is 3. The highest BCUT2D eigenvalue weighted by atomic mass is 16.2. The molecule has 0 aliphatic carbocycles. The first-order valence-corrected chi connectivity index (χ1v) is 8.11. The van der Waals surface area contributed by atoms with Gasteiger partial charge >= 0.3 is 0 Å². The summed E-state index contributed by atoms with van der Waals surface area (Å²) in [6, 6.07) is 8.25. The normalized spacial score (nSPS) is 23.3. The molecular weight excluding hydrogens is 262 g/mol. The van der Waals surface area contributed by atoms with E-state index in [1.165, 1.54) is 18.5 Å². The van der Waals surface area contributed by atoms with Crippen LogP contribution in [0.3, 0.4) is 0 Å². The molecule has 1 amide bonds. The second kappa shape index (κ2) is 6.48. The fourth-order valence-electron chi connectivity index (χ4n) is 3.16. The average molecular weight is 287 g/mol. The molecule has 114 valence electrons. The Balaban J connectivity index is 1.57. The van der Waals surface area contributed by atoms with Crippen molar-refractivity contribution in [1.82, 2.24) is 5.32 Å². The molecule has 2 aliphatic heterocycles. The molecule has 0 bridgehead atoms. The van der Waals surface area contributed by atoms with Gasteiger partial charge in [0.1, 0.15) is 0 Å². The van der Waals surface area contributed by atoms with E-state index in [-0.39, 0.29) is 11.9 Å². The molecule has 4 heteroatoms. The fraction of sp³-hybridized carbons (Fsp3) is 0.588. The molecule has 1 aromatic rings. The van der Waals surface area contributed by atoms with Gasteiger partial charge in [-0.15, -0.1) is 0 Å². The molecule has 0 radical (unpaired) electrons. The Kier molecular flexibility index (Phi) is 4.44. The summed E-state index contributed by atoms with van der Waals surface area (Å²) >= 11 is 0. The predicted molar refractivity (Wildman–Crippen MR) is 86.7 cm³/mol. The van der Waals surface area contributed by atoms with Crippen LogP contribution in [-0.4, -0.2) is 31.6 Å². The van der Waals surface area contributed by atoms with Crippen LogP contribution < -0.4 is 15.5 Å².